The van der Waals surface area contributed by atoms with E-state index < -0.39 is 40.9 Å². The Labute approximate surface area is 151 Å². The van der Waals surface area contributed by atoms with Crippen LogP contribution in [-0.4, -0.2) is 28.5 Å². The topological polar surface area (TPSA) is 66.5 Å². The van der Waals surface area contributed by atoms with Crippen molar-refractivity contribution in [3.05, 3.63) is 70.6 Å². The van der Waals surface area contributed by atoms with E-state index in [0.717, 1.165) is 28.7 Å². The maximum atomic E-state index is 13.6. The van der Waals surface area contributed by atoms with E-state index >= 15 is 0 Å². The van der Waals surface area contributed by atoms with E-state index in [4.69, 9.17) is 0 Å². The minimum atomic E-state index is -0.948. The summed E-state index contributed by atoms with van der Waals surface area (Å²) >= 11 is 0.702. The average molecular weight is 374 g/mol. The van der Waals surface area contributed by atoms with Crippen molar-refractivity contribution >= 4 is 40.6 Å². The molecule has 1 saturated heterocycles. The highest BCUT2D eigenvalue weighted by Crippen LogP contribution is 2.32. The first-order chi connectivity index (χ1) is 12.5. The first-order valence-corrected chi connectivity index (χ1v) is 8.31. The van der Waals surface area contributed by atoms with Gasteiger partial charge in [-0.05, 0) is 35.5 Å². The fourth-order valence-electron chi connectivity index (χ4n) is 2.28. The number of anilines is 1. The number of halogens is 2. The fourth-order valence-corrected chi connectivity index (χ4v) is 3.12. The number of hydrogen-bond acceptors (Lipinski definition) is 4. The lowest BCUT2D eigenvalue weighted by Crippen LogP contribution is -2.36. The van der Waals surface area contributed by atoms with Gasteiger partial charge in [0.1, 0.15) is 23.9 Å². The van der Waals surface area contributed by atoms with Gasteiger partial charge < -0.3 is 5.32 Å². The van der Waals surface area contributed by atoms with Crippen LogP contribution < -0.4 is 5.32 Å². The van der Waals surface area contributed by atoms with Crippen LogP contribution in [0.15, 0.2) is 53.4 Å². The van der Waals surface area contributed by atoms with Crippen molar-refractivity contribution in [2.75, 3.05) is 11.9 Å². The summed E-state index contributed by atoms with van der Waals surface area (Å²) in [7, 11) is 0. The molecule has 0 bridgehead atoms. The molecule has 0 saturated carbocycles. The summed E-state index contributed by atoms with van der Waals surface area (Å²) in [4.78, 5) is 37.2. The van der Waals surface area contributed by atoms with Crippen molar-refractivity contribution in [2.24, 2.45) is 0 Å². The monoisotopic (exact) mass is 374 g/mol. The Bertz CT molecular complexity index is 896. The Hall–Kier alpha value is -3.00. The summed E-state index contributed by atoms with van der Waals surface area (Å²) in [6.07, 6.45) is 1.54. The molecule has 0 atom stereocenters. The SMILES string of the molecule is O=C(CN1C(=O)S/C(=C/c2ccccc2)C1=O)Nc1c(F)cccc1F. The number of benzene rings is 2. The summed E-state index contributed by atoms with van der Waals surface area (Å²) in [6, 6.07) is 12.0. The largest absolute Gasteiger partial charge is 0.320 e. The molecule has 1 heterocycles. The molecule has 8 heteroatoms. The standard InChI is InChI=1S/C18H12F2N2O3S/c19-12-7-4-8-13(20)16(12)21-15(23)10-22-17(24)14(26-18(22)25)9-11-5-2-1-3-6-11/h1-9H,10H2,(H,21,23)/b14-9+. The number of nitrogens with zero attached hydrogens (tertiary/aromatic N) is 1. The molecule has 0 radical (unpaired) electrons. The lowest BCUT2D eigenvalue weighted by molar-refractivity contribution is -0.127. The number of amides is 3. The summed E-state index contributed by atoms with van der Waals surface area (Å²) < 4.78 is 27.1. The predicted octanol–water partition coefficient (Wildman–Crippen LogP) is 3.64. The summed E-state index contributed by atoms with van der Waals surface area (Å²) in [5, 5.41) is 1.42. The van der Waals surface area contributed by atoms with Gasteiger partial charge in [-0.15, -0.1) is 0 Å². The van der Waals surface area contributed by atoms with Crippen molar-refractivity contribution in [1.29, 1.82) is 0 Å². The van der Waals surface area contributed by atoms with Gasteiger partial charge in [-0.3, -0.25) is 19.3 Å². The van der Waals surface area contributed by atoms with Crippen LogP contribution in [0, 0.1) is 11.6 Å². The van der Waals surface area contributed by atoms with Crippen molar-refractivity contribution < 1.29 is 23.2 Å². The third-order valence-corrected chi connectivity index (χ3v) is 4.41. The van der Waals surface area contributed by atoms with Crippen LogP contribution in [0.25, 0.3) is 6.08 Å². The lowest BCUT2D eigenvalue weighted by Gasteiger charge is -2.13. The number of nitrogens with one attached hydrogen (secondary N) is 1. The molecule has 3 amide bonds. The number of imide groups is 1. The minimum Gasteiger partial charge on any atom is -0.320 e. The molecule has 0 aromatic heterocycles. The number of rotatable bonds is 4. The molecule has 0 spiro atoms. The molecule has 5 nitrogen and oxygen atoms in total. The van der Waals surface area contributed by atoms with Gasteiger partial charge in [0.05, 0.1) is 4.91 Å². The second-order valence-corrected chi connectivity index (χ2v) is 6.32. The Kier molecular flexibility index (Phi) is 5.13. The van der Waals surface area contributed by atoms with Crippen LogP contribution >= 0.6 is 11.8 Å². The molecule has 1 aliphatic rings. The Morgan fingerprint density at radius 1 is 1.04 bits per heavy atom. The zero-order chi connectivity index (χ0) is 18.7. The molecule has 1 N–H and O–H groups in total. The van der Waals surface area contributed by atoms with Gasteiger partial charge in [-0.2, -0.15) is 0 Å². The molecule has 0 unspecified atom stereocenters. The van der Waals surface area contributed by atoms with E-state index in [1.54, 1.807) is 30.3 Å². The van der Waals surface area contributed by atoms with E-state index in [0.29, 0.717) is 11.8 Å². The maximum absolute atomic E-state index is 13.6. The lowest BCUT2D eigenvalue weighted by atomic mass is 10.2. The molecule has 0 aliphatic carbocycles. The van der Waals surface area contributed by atoms with Gasteiger partial charge in [0.2, 0.25) is 5.91 Å². The Morgan fingerprint density at radius 3 is 2.35 bits per heavy atom. The van der Waals surface area contributed by atoms with E-state index in [1.165, 1.54) is 0 Å². The van der Waals surface area contributed by atoms with Gasteiger partial charge in [0, 0.05) is 0 Å². The quantitative estimate of drug-likeness (QED) is 0.830. The van der Waals surface area contributed by atoms with Crippen molar-refractivity contribution in [3.8, 4) is 0 Å². The van der Waals surface area contributed by atoms with Crippen molar-refractivity contribution in [2.45, 2.75) is 0 Å². The van der Waals surface area contributed by atoms with Crippen LogP contribution in [0.2, 0.25) is 0 Å². The van der Waals surface area contributed by atoms with Gasteiger partial charge in [-0.25, -0.2) is 8.78 Å². The van der Waals surface area contributed by atoms with Crippen LogP contribution in [-0.2, 0) is 9.59 Å². The molecule has 2 aromatic rings. The van der Waals surface area contributed by atoms with E-state index in [2.05, 4.69) is 0 Å². The van der Waals surface area contributed by atoms with E-state index in [9.17, 15) is 23.2 Å². The molecule has 2 aromatic carbocycles. The van der Waals surface area contributed by atoms with Crippen molar-refractivity contribution in [3.63, 3.8) is 0 Å². The van der Waals surface area contributed by atoms with Crippen LogP contribution in [0.1, 0.15) is 5.56 Å². The molecule has 1 fully saturated rings. The number of thioether (sulfide) groups is 1. The Balaban J connectivity index is 1.72. The second kappa shape index (κ2) is 7.49. The molecule has 26 heavy (non-hydrogen) atoms. The van der Waals surface area contributed by atoms with Crippen LogP contribution in [0.4, 0.5) is 19.3 Å². The predicted molar refractivity (Wildman–Crippen MR) is 94.1 cm³/mol. The highest BCUT2D eigenvalue weighted by atomic mass is 32.2. The number of carbonyl (C=O) groups excluding carboxylic acids is 3. The number of carbonyl (C=O) groups is 3. The molecule has 132 valence electrons. The molecule has 1 aliphatic heterocycles. The Morgan fingerprint density at radius 2 is 1.69 bits per heavy atom. The normalized spacial score (nSPS) is 15.6. The fraction of sp³-hybridized carbons (Fsp3) is 0.0556. The highest BCUT2D eigenvalue weighted by molar-refractivity contribution is 8.18. The zero-order valence-corrected chi connectivity index (χ0v) is 14.1. The molecular formula is C18H12F2N2O3S. The van der Waals surface area contributed by atoms with Gasteiger partial charge >= 0.3 is 0 Å². The smallest absolute Gasteiger partial charge is 0.294 e. The van der Waals surface area contributed by atoms with Crippen LogP contribution in [0.5, 0.6) is 0 Å². The second-order valence-electron chi connectivity index (χ2n) is 5.32. The van der Waals surface area contributed by atoms with Gasteiger partial charge in [0.15, 0.2) is 0 Å². The molecule has 3 rings (SSSR count). The summed E-state index contributed by atoms with van der Waals surface area (Å²) in [5.41, 5.74) is 0.111. The zero-order valence-electron chi connectivity index (χ0n) is 13.2. The summed E-state index contributed by atoms with van der Waals surface area (Å²) in [6.45, 7) is -0.634. The third-order valence-electron chi connectivity index (χ3n) is 3.50. The van der Waals surface area contributed by atoms with Gasteiger partial charge in [-0.1, -0.05) is 36.4 Å². The third kappa shape index (κ3) is 3.80. The average Bonchev–Trinajstić information content (AvgIpc) is 2.87. The maximum Gasteiger partial charge on any atom is 0.294 e. The highest BCUT2D eigenvalue weighted by Gasteiger charge is 2.36. The van der Waals surface area contributed by atoms with Crippen LogP contribution in [0.3, 0.4) is 0 Å². The van der Waals surface area contributed by atoms with E-state index in [1.807, 2.05) is 11.4 Å². The van der Waals surface area contributed by atoms with E-state index in [-0.39, 0.29) is 4.91 Å². The number of hydrogen-bond donors (Lipinski definition) is 1. The summed E-state index contributed by atoms with van der Waals surface area (Å²) in [5.74, 6) is -3.40. The first kappa shape index (κ1) is 17.8. The molecular weight excluding hydrogens is 362 g/mol. The minimum absolute atomic E-state index is 0.172. The first-order valence-electron chi connectivity index (χ1n) is 7.50. The van der Waals surface area contributed by atoms with Gasteiger partial charge in [0.25, 0.3) is 11.1 Å². The number of para-hydroxylation sites is 1. The van der Waals surface area contributed by atoms with Crippen molar-refractivity contribution in [1.82, 2.24) is 4.90 Å².